The van der Waals surface area contributed by atoms with Crippen LogP contribution in [0.4, 0.5) is 4.39 Å². The van der Waals surface area contributed by atoms with Gasteiger partial charge in [0.25, 0.3) is 0 Å². The van der Waals surface area contributed by atoms with Crippen LogP contribution in [0.15, 0.2) is 29.7 Å². The van der Waals surface area contributed by atoms with Crippen LogP contribution < -0.4 is 0 Å². The molecule has 1 atom stereocenters. The van der Waals surface area contributed by atoms with Crippen molar-refractivity contribution in [1.82, 2.24) is 24.1 Å². The third-order valence-electron chi connectivity index (χ3n) is 4.61. The first kappa shape index (κ1) is 15.6. The predicted molar refractivity (Wildman–Crippen MR) is 83.2 cm³/mol. The molecule has 2 aliphatic rings. The molecular weight excluding hydrogens is 333 g/mol. The van der Waals surface area contributed by atoms with Crippen molar-refractivity contribution in [3.8, 4) is 0 Å². The molecule has 2 aromatic rings. The van der Waals surface area contributed by atoms with E-state index in [-0.39, 0.29) is 10.8 Å². The lowest BCUT2D eigenvalue weighted by molar-refractivity contribution is 0.304. The monoisotopic (exact) mass is 351 g/mol. The lowest BCUT2D eigenvalue weighted by Crippen LogP contribution is -2.39. The Kier molecular flexibility index (Phi) is 3.84. The number of hydrogen-bond donors (Lipinski definition) is 0. The Morgan fingerprint density at radius 2 is 2.04 bits per heavy atom. The van der Waals surface area contributed by atoms with Crippen molar-refractivity contribution in [3.05, 3.63) is 36.4 Å². The van der Waals surface area contributed by atoms with Crippen LogP contribution in [0.2, 0.25) is 0 Å². The summed E-state index contributed by atoms with van der Waals surface area (Å²) in [4.78, 5) is 3.55. The van der Waals surface area contributed by atoms with Crippen molar-refractivity contribution in [2.75, 3.05) is 13.1 Å². The molecule has 0 N–H and O–H groups in total. The van der Waals surface area contributed by atoms with E-state index in [4.69, 9.17) is 0 Å². The number of hydrogen-bond acceptors (Lipinski definition) is 5. The van der Waals surface area contributed by atoms with E-state index in [0.29, 0.717) is 19.1 Å². The lowest BCUT2D eigenvalue weighted by atomic mass is 9.99. The zero-order valence-corrected chi connectivity index (χ0v) is 13.9. The SMILES string of the molecule is O=S(=O)(c1cncc(F)c1)N1CCC[C@@H](c2nncn2C2CC2)C1. The Morgan fingerprint density at radius 3 is 2.79 bits per heavy atom. The molecule has 1 saturated carbocycles. The van der Waals surface area contributed by atoms with Crippen molar-refractivity contribution in [2.45, 2.75) is 42.5 Å². The topological polar surface area (TPSA) is 81.0 Å². The minimum atomic E-state index is -3.75. The highest BCUT2D eigenvalue weighted by molar-refractivity contribution is 7.89. The Balaban J connectivity index is 1.59. The summed E-state index contributed by atoms with van der Waals surface area (Å²) in [6, 6.07) is 1.47. The number of sulfonamides is 1. The van der Waals surface area contributed by atoms with Gasteiger partial charge in [0.15, 0.2) is 0 Å². The molecule has 1 aliphatic carbocycles. The van der Waals surface area contributed by atoms with E-state index in [1.807, 2.05) is 0 Å². The quantitative estimate of drug-likeness (QED) is 0.838. The molecule has 24 heavy (non-hydrogen) atoms. The Bertz CT molecular complexity index is 849. The molecule has 2 fully saturated rings. The first-order valence-electron chi connectivity index (χ1n) is 8.06. The second kappa shape index (κ2) is 5.89. The van der Waals surface area contributed by atoms with Crippen molar-refractivity contribution >= 4 is 10.0 Å². The predicted octanol–water partition coefficient (Wildman–Crippen LogP) is 1.72. The molecule has 0 unspecified atom stereocenters. The Morgan fingerprint density at radius 1 is 1.21 bits per heavy atom. The summed E-state index contributed by atoms with van der Waals surface area (Å²) in [7, 11) is -3.75. The van der Waals surface area contributed by atoms with E-state index in [1.54, 1.807) is 6.33 Å². The highest BCUT2D eigenvalue weighted by atomic mass is 32.2. The zero-order chi connectivity index (χ0) is 16.7. The van der Waals surface area contributed by atoms with E-state index in [0.717, 1.165) is 43.8 Å². The average Bonchev–Trinajstić information content (AvgIpc) is 3.31. The molecule has 1 aliphatic heterocycles. The number of halogens is 1. The smallest absolute Gasteiger partial charge is 0.244 e. The summed E-state index contributed by atoms with van der Waals surface area (Å²) < 4.78 is 42.4. The van der Waals surface area contributed by atoms with Crippen molar-refractivity contribution < 1.29 is 12.8 Å². The summed E-state index contributed by atoms with van der Waals surface area (Å²) >= 11 is 0. The maximum atomic E-state index is 13.3. The van der Waals surface area contributed by atoms with Crippen LogP contribution in [-0.4, -0.2) is 45.6 Å². The molecule has 3 heterocycles. The van der Waals surface area contributed by atoms with Gasteiger partial charge in [0.1, 0.15) is 22.9 Å². The molecule has 7 nitrogen and oxygen atoms in total. The van der Waals surface area contributed by atoms with Crippen LogP contribution in [0.5, 0.6) is 0 Å². The largest absolute Gasteiger partial charge is 0.314 e. The van der Waals surface area contributed by atoms with E-state index >= 15 is 0 Å². The van der Waals surface area contributed by atoms with Crippen molar-refractivity contribution in [2.24, 2.45) is 0 Å². The minimum absolute atomic E-state index is 0.0122. The van der Waals surface area contributed by atoms with Crippen LogP contribution in [-0.2, 0) is 10.0 Å². The van der Waals surface area contributed by atoms with Crippen LogP contribution in [0.3, 0.4) is 0 Å². The first-order valence-corrected chi connectivity index (χ1v) is 9.50. The summed E-state index contributed by atoms with van der Waals surface area (Å²) in [5, 5.41) is 8.22. The number of nitrogens with zero attached hydrogens (tertiary/aromatic N) is 5. The van der Waals surface area contributed by atoms with Crippen LogP contribution >= 0.6 is 0 Å². The number of piperidine rings is 1. The maximum absolute atomic E-state index is 13.3. The second-order valence-electron chi connectivity index (χ2n) is 6.37. The highest BCUT2D eigenvalue weighted by Crippen LogP contribution is 2.38. The van der Waals surface area contributed by atoms with Gasteiger partial charge in [-0.15, -0.1) is 10.2 Å². The standard InChI is InChI=1S/C15H18FN5O2S/c16-12-6-14(8-17-7-12)24(22,23)20-5-1-2-11(9-20)15-19-18-10-21(15)13-3-4-13/h6-8,10-11,13H,1-5,9H2/t11-/m1/s1. The van der Waals surface area contributed by atoms with Gasteiger partial charge in [-0.25, -0.2) is 12.8 Å². The van der Waals surface area contributed by atoms with Gasteiger partial charge in [0.2, 0.25) is 10.0 Å². The number of rotatable bonds is 4. The van der Waals surface area contributed by atoms with Crippen molar-refractivity contribution in [1.29, 1.82) is 0 Å². The van der Waals surface area contributed by atoms with Crippen molar-refractivity contribution in [3.63, 3.8) is 0 Å². The van der Waals surface area contributed by atoms with E-state index in [2.05, 4.69) is 19.7 Å². The molecule has 0 spiro atoms. The summed E-state index contributed by atoms with van der Waals surface area (Å²) in [5.74, 6) is 0.214. The van der Waals surface area contributed by atoms with E-state index < -0.39 is 15.8 Å². The fraction of sp³-hybridized carbons (Fsp3) is 0.533. The molecule has 2 aromatic heterocycles. The molecular formula is C15H18FN5O2S. The number of aromatic nitrogens is 4. The third kappa shape index (κ3) is 2.82. The van der Waals surface area contributed by atoms with Gasteiger partial charge in [0, 0.05) is 31.2 Å². The molecule has 1 saturated heterocycles. The van der Waals surface area contributed by atoms with Crippen LogP contribution in [0, 0.1) is 5.82 Å². The fourth-order valence-corrected chi connectivity index (χ4v) is 4.73. The Labute approximate surface area is 139 Å². The first-order chi connectivity index (χ1) is 11.6. The van der Waals surface area contributed by atoms with Gasteiger partial charge in [-0.1, -0.05) is 0 Å². The fourth-order valence-electron chi connectivity index (χ4n) is 3.23. The molecule has 9 heteroatoms. The normalized spacial score (nSPS) is 22.6. The molecule has 4 rings (SSSR count). The average molecular weight is 351 g/mol. The minimum Gasteiger partial charge on any atom is -0.314 e. The zero-order valence-electron chi connectivity index (χ0n) is 13.0. The van der Waals surface area contributed by atoms with Gasteiger partial charge in [-0.2, -0.15) is 4.31 Å². The molecule has 128 valence electrons. The molecule has 0 radical (unpaired) electrons. The van der Waals surface area contributed by atoms with Crippen LogP contribution in [0.25, 0.3) is 0 Å². The molecule has 0 aromatic carbocycles. The number of pyridine rings is 1. The molecule has 0 amide bonds. The highest BCUT2D eigenvalue weighted by Gasteiger charge is 2.35. The molecule has 0 bridgehead atoms. The lowest BCUT2D eigenvalue weighted by Gasteiger charge is -2.31. The summed E-state index contributed by atoms with van der Waals surface area (Å²) in [6.45, 7) is 0.761. The van der Waals surface area contributed by atoms with E-state index in [9.17, 15) is 12.8 Å². The van der Waals surface area contributed by atoms with Gasteiger partial charge >= 0.3 is 0 Å². The van der Waals surface area contributed by atoms with Gasteiger partial charge in [0.05, 0.1) is 6.20 Å². The maximum Gasteiger partial charge on any atom is 0.244 e. The summed E-state index contributed by atoms with van der Waals surface area (Å²) in [6.07, 6.45) is 7.77. The van der Waals surface area contributed by atoms with Gasteiger partial charge in [-0.05, 0) is 31.7 Å². The Hall–Kier alpha value is -1.87. The second-order valence-corrected chi connectivity index (χ2v) is 8.31. The summed E-state index contributed by atoms with van der Waals surface area (Å²) in [5.41, 5.74) is 0. The van der Waals surface area contributed by atoms with Gasteiger partial charge in [-0.3, -0.25) is 4.98 Å². The van der Waals surface area contributed by atoms with E-state index in [1.165, 1.54) is 10.5 Å². The van der Waals surface area contributed by atoms with Crippen LogP contribution in [0.1, 0.15) is 43.5 Å². The third-order valence-corrected chi connectivity index (χ3v) is 6.44. The van der Waals surface area contributed by atoms with Gasteiger partial charge < -0.3 is 4.57 Å².